The summed E-state index contributed by atoms with van der Waals surface area (Å²) >= 11 is 0. The van der Waals surface area contributed by atoms with Crippen LogP contribution in [0.5, 0.6) is 5.88 Å². The van der Waals surface area contributed by atoms with Crippen molar-refractivity contribution in [3.05, 3.63) is 66.7 Å². The largest absolute Gasteiger partial charge is 0.477 e. The van der Waals surface area contributed by atoms with Crippen LogP contribution in [0.15, 0.2) is 71.7 Å². The number of nitrogens with zero attached hydrogens (tertiary/aromatic N) is 3. The zero-order valence-electron chi connectivity index (χ0n) is 19.1. The highest BCUT2D eigenvalue weighted by molar-refractivity contribution is 5.82. The molecule has 0 saturated heterocycles. The molecule has 0 amide bonds. The summed E-state index contributed by atoms with van der Waals surface area (Å²) in [4.78, 5) is 11.8. The van der Waals surface area contributed by atoms with Gasteiger partial charge in [0.05, 0.1) is 18.6 Å². The first-order valence-corrected chi connectivity index (χ1v) is 11.1. The number of hydrogen-bond donors (Lipinski definition) is 0. The van der Waals surface area contributed by atoms with Gasteiger partial charge in [0, 0.05) is 24.7 Å². The van der Waals surface area contributed by atoms with Gasteiger partial charge >= 0.3 is 0 Å². The van der Waals surface area contributed by atoms with Crippen LogP contribution in [0.2, 0.25) is 0 Å². The summed E-state index contributed by atoms with van der Waals surface area (Å²) < 4.78 is 6.23. The summed E-state index contributed by atoms with van der Waals surface area (Å²) in [6.45, 7) is 8.12. The van der Waals surface area contributed by atoms with Gasteiger partial charge in [-0.3, -0.25) is 0 Å². The Bertz CT molecular complexity index is 969. The molecule has 162 valence electrons. The van der Waals surface area contributed by atoms with Crippen molar-refractivity contribution in [1.29, 1.82) is 0 Å². The van der Waals surface area contributed by atoms with Crippen molar-refractivity contribution in [2.45, 2.75) is 33.6 Å². The lowest BCUT2D eigenvalue weighted by molar-refractivity contribution is 0.289. The molecule has 2 aromatic carbocycles. The number of pyridine rings is 1. The fourth-order valence-corrected chi connectivity index (χ4v) is 3.23. The smallest absolute Gasteiger partial charge is 0.222 e. The molecule has 0 aliphatic carbocycles. The van der Waals surface area contributed by atoms with E-state index in [2.05, 4.69) is 51.1 Å². The van der Waals surface area contributed by atoms with Crippen molar-refractivity contribution in [3.63, 3.8) is 0 Å². The lowest BCUT2D eigenvalue weighted by Gasteiger charge is -2.16. The molecule has 31 heavy (non-hydrogen) atoms. The zero-order chi connectivity index (χ0) is 22.1. The standard InChI is InChI=1S/C27H33N3O/c1-5-30(4)20-28-25-19-24(22-14-8-6-9-15-22)27(31-18-12-13-21(2)3)29-26(25)23-16-10-7-11-17-23/h6-11,14-17,19-21H,5,12-13,18H2,1-4H3. The molecule has 0 aliphatic heterocycles. The molecular weight excluding hydrogens is 382 g/mol. The van der Waals surface area contributed by atoms with E-state index in [1.165, 1.54) is 0 Å². The molecule has 0 saturated carbocycles. The van der Waals surface area contributed by atoms with Gasteiger partial charge in [0.1, 0.15) is 5.69 Å². The highest BCUT2D eigenvalue weighted by Gasteiger charge is 2.16. The van der Waals surface area contributed by atoms with E-state index >= 15 is 0 Å². The average Bonchev–Trinajstić information content (AvgIpc) is 2.81. The van der Waals surface area contributed by atoms with Crippen LogP contribution in [0.3, 0.4) is 0 Å². The Morgan fingerprint density at radius 3 is 2.26 bits per heavy atom. The van der Waals surface area contributed by atoms with Crippen molar-refractivity contribution < 1.29 is 4.74 Å². The number of aromatic nitrogens is 1. The molecule has 0 radical (unpaired) electrons. The number of aliphatic imine (C=N–C) groups is 1. The van der Waals surface area contributed by atoms with Gasteiger partial charge in [-0.2, -0.15) is 0 Å². The Morgan fingerprint density at radius 2 is 1.65 bits per heavy atom. The highest BCUT2D eigenvalue weighted by atomic mass is 16.5. The first-order chi connectivity index (χ1) is 15.1. The van der Waals surface area contributed by atoms with Crippen molar-refractivity contribution in [2.24, 2.45) is 10.9 Å². The molecule has 0 fully saturated rings. The Morgan fingerprint density at radius 1 is 1.00 bits per heavy atom. The van der Waals surface area contributed by atoms with Gasteiger partial charge in [0.25, 0.3) is 0 Å². The molecule has 3 rings (SSSR count). The third-order valence-corrected chi connectivity index (χ3v) is 5.16. The van der Waals surface area contributed by atoms with Crippen LogP contribution in [0.25, 0.3) is 22.4 Å². The minimum Gasteiger partial charge on any atom is -0.477 e. The van der Waals surface area contributed by atoms with Crippen molar-refractivity contribution in [1.82, 2.24) is 9.88 Å². The summed E-state index contributed by atoms with van der Waals surface area (Å²) in [6.07, 6.45) is 4.01. The lowest BCUT2D eigenvalue weighted by atomic mass is 10.0. The van der Waals surface area contributed by atoms with Crippen LogP contribution in [0.4, 0.5) is 5.69 Å². The Hall–Kier alpha value is -3.14. The van der Waals surface area contributed by atoms with Gasteiger partial charge in [0.15, 0.2) is 0 Å². The second-order valence-electron chi connectivity index (χ2n) is 8.14. The molecule has 3 aromatic rings. The van der Waals surface area contributed by atoms with E-state index < -0.39 is 0 Å². The van der Waals surface area contributed by atoms with Gasteiger partial charge in [-0.05, 0) is 37.3 Å². The molecule has 0 N–H and O–H groups in total. The maximum Gasteiger partial charge on any atom is 0.222 e. The van der Waals surface area contributed by atoms with Crippen LogP contribution in [0.1, 0.15) is 33.6 Å². The minimum atomic E-state index is 0.653. The molecule has 0 bridgehead atoms. The van der Waals surface area contributed by atoms with E-state index in [1.807, 2.05) is 54.7 Å². The van der Waals surface area contributed by atoms with Crippen LogP contribution in [0, 0.1) is 5.92 Å². The van der Waals surface area contributed by atoms with E-state index in [0.717, 1.165) is 47.5 Å². The average molecular weight is 416 g/mol. The molecule has 1 heterocycles. The minimum absolute atomic E-state index is 0.653. The number of benzene rings is 2. The van der Waals surface area contributed by atoms with Crippen molar-refractivity contribution >= 4 is 12.0 Å². The van der Waals surface area contributed by atoms with Crippen molar-refractivity contribution in [2.75, 3.05) is 20.2 Å². The maximum atomic E-state index is 6.23. The molecule has 1 aromatic heterocycles. The SMILES string of the molecule is CCN(C)C=Nc1cc(-c2ccccc2)c(OCCCC(C)C)nc1-c1ccccc1. The molecule has 0 spiro atoms. The quantitative estimate of drug-likeness (QED) is 0.207. The first-order valence-electron chi connectivity index (χ1n) is 11.1. The van der Waals surface area contributed by atoms with E-state index in [4.69, 9.17) is 14.7 Å². The Labute approximate surface area is 186 Å². The molecule has 0 aliphatic rings. The van der Waals surface area contributed by atoms with Gasteiger partial charge in [0.2, 0.25) is 5.88 Å². The zero-order valence-corrected chi connectivity index (χ0v) is 19.1. The second kappa shape index (κ2) is 11.3. The number of ether oxygens (including phenoxy) is 1. The van der Waals surface area contributed by atoms with Crippen LogP contribution >= 0.6 is 0 Å². The summed E-state index contributed by atoms with van der Waals surface area (Å²) in [5.74, 6) is 1.33. The predicted molar refractivity (Wildman–Crippen MR) is 131 cm³/mol. The van der Waals surface area contributed by atoms with Crippen LogP contribution in [-0.4, -0.2) is 36.4 Å². The fraction of sp³-hybridized carbons (Fsp3) is 0.333. The van der Waals surface area contributed by atoms with E-state index in [9.17, 15) is 0 Å². The van der Waals surface area contributed by atoms with Gasteiger partial charge in [-0.25, -0.2) is 9.98 Å². The van der Waals surface area contributed by atoms with Crippen LogP contribution in [-0.2, 0) is 0 Å². The Balaban J connectivity index is 2.07. The summed E-state index contributed by atoms with van der Waals surface area (Å²) in [6, 6.07) is 22.6. The topological polar surface area (TPSA) is 37.7 Å². The maximum absolute atomic E-state index is 6.23. The molecule has 0 unspecified atom stereocenters. The highest BCUT2D eigenvalue weighted by Crippen LogP contribution is 2.38. The number of rotatable bonds is 10. The third kappa shape index (κ3) is 6.42. The molecule has 0 atom stereocenters. The van der Waals surface area contributed by atoms with Crippen molar-refractivity contribution in [3.8, 4) is 28.3 Å². The lowest BCUT2D eigenvalue weighted by Crippen LogP contribution is -2.14. The summed E-state index contributed by atoms with van der Waals surface area (Å²) in [5.41, 5.74) is 4.74. The van der Waals surface area contributed by atoms with E-state index in [-0.39, 0.29) is 0 Å². The molecular formula is C27H33N3O. The molecule has 4 nitrogen and oxygen atoms in total. The van der Waals surface area contributed by atoms with E-state index in [0.29, 0.717) is 18.4 Å². The Kier molecular flexibility index (Phi) is 8.22. The normalized spacial score (nSPS) is 11.3. The van der Waals surface area contributed by atoms with Gasteiger partial charge < -0.3 is 9.64 Å². The fourth-order valence-electron chi connectivity index (χ4n) is 3.23. The first kappa shape index (κ1) is 22.5. The summed E-state index contributed by atoms with van der Waals surface area (Å²) in [5, 5.41) is 0. The monoisotopic (exact) mass is 415 g/mol. The van der Waals surface area contributed by atoms with E-state index in [1.54, 1.807) is 0 Å². The third-order valence-electron chi connectivity index (χ3n) is 5.16. The number of hydrogen-bond acceptors (Lipinski definition) is 3. The van der Waals surface area contributed by atoms with Crippen LogP contribution < -0.4 is 4.74 Å². The molecule has 4 heteroatoms. The van der Waals surface area contributed by atoms with Gasteiger partial charge in [-0.15, -0.1) is 0 Å². The second-order valence-corrected chi connectivity index (χ2v) is 8.14. The predicted octanol–water partition coefficient (Wildman–Crippen LogP) is 6.84. The van der Waals surface area contributed by atoms with Gasteiger partial charge in [-0.1, -0.05) is 74.5 Å². The summed E-state index contributed by atoms with van der Waals surface area (Å²) in [7, 11) is 2.02.